The quantitative estimate of drug-likeness (QED) is 0.843. The second-order valence-electron chi connectivity index (χ2n) is 4.29. The maximum absolute atomic E-state index is 13.4. The average molecular weight is 308 g/mol. The van der Waals surface area contributed by atoms with Gasteiger partial charge in [0.25, 0.3) is 5.91 Å². The first-order valence-corrected chi connectivity index (χ1v) is 5.73. The van der Waals surface area contributed by atoms with Crippen LogP contribution in [0.1, 0.15) is 21.5 Å². The van der Waals surface area contributed by atoms with E-state index in [-0.39, 0.29) is 27.4 Å². The van der Waals surface area contributed by atoms with Crippen molar-refractivity contribution in [3.8, 4) is 0 Å². The molecule has 0 fully saturated rings. The minimum atomic E-state index is -0.919. The molecule has 0 unspecified atom stereocenters. The number of nitrogens with one attached hydrogen (secondary N) is 1. The van der Waals surface area contributed by atoms with Gasteiger partial charge in [-0.15, -0.1) is 0 Å². The summed E-state index contributed by atoms with van der Waals surface area (Å²) in [7, 11) is 0. The zero-order valence-corrected chi connectivity index (χ0v) is 12.6. The number of aryl methyl sites for hydroxylation is 2. The SMILES string of the molecule is Cc1ccc(C(=O)Nc2ccc(F)[c]c2F)cc1C.[Ti]. The van der Waals surface area contributed by atoms with Crippen molar-refractivity contribution < 1.29 is 35.3 Å². The number of hydrogen-bond donors (Lipinski definition) is 1. The van der Waals surface area contributed by atoms with Crippen LogP contribution in [0.5, 0.6) is 0 Å². The van der Waals surface area contributed by atoms with Gasteiger partial charge in [0.15, 0.2) is 5.82 Å². The van der Waals surface area contributed by atoms with E-state index in [0.29, 0.717) is 5.56 Å². The van der Waals surface area contributed by atoms with Gasteiger partial charge in [-0.25, -0.2) is 8.78 Å². The van der Waals surface area contributed by atoms with E-state index >= 15 is 0 Å². The van der Waals surface area contributed by atoms with Gasteiger partial charge in [-0.05, 0) is 49.2 Å². The molecule has 1 radical (unpaired) electrons. The van der Waals surface area contributed by atoms with Gasteiger partial charge in [0, 0.05) is 27.3 Å². The minimum Gasteiger partial charge on any atom is -0.319 e. The van der Waals surface area contributed by atoms with Crippen LogP contribution in [-0.2, 0) is 21.7 Å². The van der Waals surface area contributed by atoms with Crippen molar-refractivity contribution in [2.24, 2.45) is 0 Å². The summed E-state index contributed by atoms with van der Waals surface area (Å²) in [5.41, 5.74) is 2.37. The molecule has 2 aromatic carbocycles. The number of halogens is 2. The number of amides is 1. The van der Waals surface area contributed by atoms with Crippen LogP contribution in [0.2, 0.25) is 0 Å². The zero-order chi connectivity index (χ0) is 14.0. The van der Waals surface area contributed by atoms with Crippen LogP contribution >= 0.6 is 0 Å². The van der Waals surface area contributed by atoms with Crippen molar-refractivity contribution in [2.45, 2.75) is 13.8 Å². The second kappa shape index (κ2) is 6.77. The van der Waals surface area contributed by atoms with E-state index in [1.54, 1.807) is 12.1 Å². The molecule has 0 aliphatic heterocycles. The summed E-state index contributed by atoms with van der Waals surface area (Å²) in [5, 5.41) is 2.39. The number of benzene rings is 2. The minimum absolute atomic E-state index is 0. The molecule has 2 nitrogen and oxygen atoms in total. The monoisotopic (exact) mass is 308 g/mol. The molecule has 0 atom stereocenters. The van der Waals surface area contributed by atoms with Crippen molar-refractivity contribution >= 4 is 11.6 Å². The Morgan fingerprint density at radius 3 is 2.40 bits per heavy atom. The molecule has 5 heteroatoms. The van der Waals surface area contributed by atoms with Gasteiger partial charge in [-0.2, -0.15) is 0 Å². The fourth-order valence-corrected chi connectivity index (χ4v) is 1.62. The number of carbonyl (C=O) groups excluding carboxylic acids is 1. The summed E-state index contributed by atoms with van der Waals surface area (Å²) in [6, 6.07) is 9.27. The molecule has 0 heterocycles. The Labute approximate surface area is 131 Å². The Hall–Kier alpha value is -1.52. The number of carbonyl (C=O) groups is 1. The normalized spacial score (nSPS) is 9.80. The molecule has 2 rings (SSSR count). The molecule has 0 aliphatic rings. The fraction of sp³-hybridized carbons (Fsp3) is 0.133. The van der Waals surface area contributed by atoms with Crippen molar-refractivity contribution in [2.75, 3.05) is 5.32 Å². The molecule has 0 saturated carbocycles. The second-order valence-corrected chi connectivity index (χ2v) is 4.29. The largest absolute Gasteiger partial charge is 0.319 e. The van der Waals surface area contributed by atoms with Crippen LogP contribution in [0.3, 0.4) is 0 Å². The van der Waals surface area contributed by atoms with Crippen molar-refractivity contribution in [1.82, 2.24) is 0 Å². The Balaban J connectivity index is 0.00000200. The number of hydrogen-bond acceptors (Lipinski definition) is 1. The van der Waals surface area contributed by atoms with E-state index in [1.807, 2.05) is 26.0 Å². The predicted octanol–water partition coefficient (Wildman–Crippen LogP) is 3.63. The van der Waals surface area contributed by atoms with E-state index in [0.717, 1.165) is 17.2 Å². The molecule has 2 aromatic rings. The summed E-state index contributed by atoms with van der Waals surface area (Å²) in [4.78, 5) is 11.9. The van der Waals surface area contributed by atoms with Crippen LogP contribution < -0.4 is 5.32 Å². The molecule has 0 saturated heterocycles. The third kappa shape index (κ3) is 3.75. The Morgan fingerprint density at radius 2 is 1.80 bits per heavy atom. The standard InChI is InChI=1S/C15H12F2NO.Ti/c1-9-3-4-11(7-10(9)2)15(19)18-14-6-5-12(16)8-13(14)17;/h3-7H,1-2H3,(H,18,19);. The number of anilines is 1. The topological polar surface area (TPSA) is 29.1 Å². The first kappa shape index (κ1) is 16.5. The van der Waals surface area contributed by atoms with Crippen LogP contribution in [0.25, 0.3) is 0 Å². The van der Waals surface area contributed by atoms with Crippen molar-refractivity contribution in [1.29, 1.82) is 0 Å². The molecule has 0 bridgehead atoms. The molecular weight excluding hydrogens is 296 g/mol. The van der Waals surface area contributed by atoms with E-state index in [4.69, 9.17) is 0 Å². The fourth-order valence-electron chi connectivity index (χ4n) is 1.62. The Bertz CT molecular complexity index is 644. The molecule has 20 heavy (non-hydrogen) atoms. The van der Waals surface area contributed by atoms with Gasteiger partial charge < -0.3 is 5.32 Å². The summed E-state index contributed by atoms with van der Waals surface area (Å²) in [5.74, 6) is -2.17. The van der Waals surface area contributed by atoms with E-state index in [9.17, 15) is 13.6 Å². The maximum Gasteiger partial charge on any atom is 0.255 e. The van der Waals surface area contributed by atoms with Gasteiger partial charge in [-0.1, -0.05) is 6.07 Å². The Morgan fingerprint density at radius 1 is 1.10 bits per heavy atom. The van der Waals surface area contributed by atoms with Crippen LogP contribution in [0.15, 0.2) is 30.3 Å². The zero-order valence-electron chi connectivity index (χ0n) is 11.1. The summed E-state index contributed by atoms with van der Waals surface area (Å²) in [6.07, 6.45) is 0. The maximum atomic E-state index is 13.4. The molecule has 101 valence electrons. The van der Waals surface area contributed by atoms with Gasteiger partial charge in [-0.3, -0.25) is 4.79 Å². The van der Waals surface area contributed by atoms with Crippen LogP contribution in [0, 0.1) is 31.5 Å². The summed E-state index contributed by atoms with van der Waals surface area (Å²) < 4.78 is 26.1. The van der Waals surface area contributed by atoms with Gasteiger partial charge in [0.1, 0.15) is 5.82 Å². The first-order chi connectivity index (χ1) is 8.97. The predicted molar refractivity (Wildman–Crippen MR) is 69.1 cm³/mol. The van der Waals surface area contributed by atoms with Crippen molar-refractivity contribution in [3.05, 3.63) is 64.7 Å². The van der Waals surface area contributed by atoms with E-state index in [1.165, 1.54) is 6.07 Å². The number of rotatable bonds is 2. The third-order valence-corrected chi connectivity index (χ3v) is 2.88. The van der Waals surface area contributed by atoms with E-state index in [2.05, 4.69) is 5.32 Å². The molecular formula is C15H12F2NOTi. The van der Waals surface area contributed by atoms with Gasteiger partial charge in [0.05, 0.1) is 11.8 Å². The molecule has 0 aliphatic carbocycles. The molecule has 0 aromatic heterocycles. The molecule has 1 amide bonds. The summed E-state index contributed by atoms with van der Waals surface area (Å²) >= 11 is 0. The van der Waals surface area contributed by atoms with Crippen LogP contribution in [-0.4, -0.2) is 5.91 Å². The Kier molecular flexibility index (Phi) is 5.60. The van der Waals surface area contributed by atoms with Crippen molar-refractivity contribution in [3.63, 3.8) is 0 Å². The molecule has 1 N–H and O–H groups in total. The first-order valence-electron chi connectivity index (χ1n) is 5.73. The third-order valence-electron chi connectivity index (χ3n) is 2.88. The van der Waals surface area contributed by atoms with Crippen LogP contribution in [0.4, 0.5) is 14.5 Å². The summed E-state index contributed by atoms with van der Waals surface area (Å²) in [6.45, 7) is 3.82. The van der Waals surface area contributed by atoms with Gasteiger partial charge >= 0.3 is 0 Å². The van der Waals surface area contributed by atoms with Gasteiger partial charge in [0.2, 0.25) is 0 Å². The molecule has 0 spiro atoms. The van der Waals surface area contributed by atoms with E-state index < -0.39 is 17.5 Å². The smallest absolute Gasteiger partial charge is 0.255 e. The average Bonchev–Trinajstić information content (AvgIpc) is 2.36.